The first kappa shape index (κ1) is 16.9. The average molecular weight is 262 g/mol. The highest BCUT2D eigenvalue weighted by Gasteiger charge is 2.24. The van der Waals surface area contributed by atoms with Crippen LogP contribution in [-0.4, -0.2) is 35.4 Å². The first-order chi connectivity index (χ1) is 8.26. The molecule has 0 saturated carbocycles. The Morgan fingerprint density at radius 3 is 2.28 bits per heavy atom. The minimum atomic E-state index is -0.770. The fourth-order valence-electron chi connectivity index (χ4n) is 1.38. The summed E-state index contributed by atoms with van der Waals surface area (Å²) in [6.07, 6.45) is -0.354. The standard InChI is InChI=1S/C12H22O6/c1-5-16-10(14)6-7-11(15)17-18-12(3,4)8-9(2)13/h9,13H,5-8H2,1-4H3. The summed E-state index contributed by atoms with van der Waals surface area (Å²) in [5, 5.41) is 9.21. The number of rotatable bonds is 8. The van der Waals surface area contributed by atoms with E-state index in [1.807, 2.05) is 0 Å². The molecule has 0 aromatic carbocycles. The first-order valence-corrected chi connectivity index (χ1v) is 5.99. The lowest BCUT2D eigenvalue weighted by atomic mass is 10.0. The van der Waals surface area contributed by atoms with Gasteiger partial charge in [-0.3, -0.25) is 9.68 Å². The predicted molar refractivity (Wildman–Crippen MR) is 63.4 cm³/mol. The van der Waals surface area contributed by atoms with Gasteiger partial charge in [-0.1, -0.05) is 0 Å². The lowest BCUT2D eigenvalue weighted by Gasteiger charge is -2.23. The van der Waals surface area contributed by atoms with Crippen LogP contribution < -0.4 is 0 Å². The van der Waals surface area contributed by atoms with Gasteiger partial charge in [-0.15, -0.1) is 0 Å². The summed E-state index contributed by atoms with van der Waals surface area (Å²) in [5.41, 5.74) is -0.770. The van der Waals surface area contributed by atoms with E-state index >= 15 is 0 Å². The molecule has 0 amide bonds. The summed E-state index contributed by atoms with van der Waals surface area (Å²) in [6, 6.07) is 0. The molecule has 6 nitrogen and oxygen atoms in total. The molecule has 1 unspecified atom stereocenters. The molecule has 0 spiro atoms. The van der Waals surface area contributed by atoms with Gasteiger partial charge in [-0.2, -0.15) is 4.89 Å². The maximum atomic E-state index is 11.3. The number of hydrogen-bond donors (Lipinski definition) is 1. The van der Waals surface area contributed by atoms with Crippen LogP contribution in [-0.2, 0) is 24.1 Å². The van der Waals surface area contributed by atoms with Crippen LogP contribution in [0.3, 0.4) is 0 Å². The van der Waals surface area contributed by atoms with E-state index in [1.165, 1.54) is 0 Å². The number of carbonyl (C=O) groups excluding carboxylic acids is 2. The Hall–Kier alpha value is -1.14. The SMILES string of the molecule is CCOC(=O)CCC(=O)OOC(C)(C)CC(C)O. The smallest absolute Gasteiger partial charge is 0.342 e. The van der Waals surface area contributed by atoms with Crippen LogP contribution in [0.1, 0.15) is 47.0 Å². The largest absolute Gasteiger partial charge is 0.466 e. The number of esters is 1. The van der Waals surface area contributed by atoms with Gasteiger partial charge in [0.25, 0.3) is 0 Å². The molecule has 1 N–H and O–H groups in total. The molecule has 0 bridgehead atoms. The fraction of sp³-hybridized carbons (Fsp3) is 0.833. The van der Waals surface area contributed by atoms with Crippen LogP contribution in [0, 0.1) is 0 Å². The Labute approximate surface area is 107 Å². The normalized spacial score (nSPS) is 12.9. The van der Waals surface area contributed by atoms with Crippen molar-refractivity contribution in [2.45, 2.75) is 58.7 Å². The molecule has 0 aliphatic heterocycles. The van der Waals surface area contributed by atoms with Crippen molar-refractivity contribution < 1.29 is 29.2 Å². The molecule has 18 heavy (non-hydrogen) atoms. The summed E-state index contributed by atoms with van der Waals surface area (Å²) in [6.45, 7) is 6.98. The van der Waals surface area contributed by atoms with Gasteiger partial charge < -0.3 is 9.84 Å². The van der Waals surface area contributed by atoms with E-state index in [9.17, 15) is 14.7 Å². The van der Waals surface area contributed by atoms with E-state index in [2.05, 4.69) is 9.62 Å². The predicted octanol–water partition coefficient (Wildman–Crippen LogP) is 1.35. The Bertz CT molecular complexity index is 272. The van der Waals surface area contributed by atoms with Gasteiger partial charge in [-0.05, 0) is 27.7 Å². The third-order valence-electron chi connectivity index (χ3n) is 1.99. The van der Waals surface area contributed by atoms with Crippen LogP contribution in [0.5, 0.6) is 0 Å². The van der Waals surface area contributed by atoms with Crippen molar-refractivity contribution in [1.29, 1.82) is 0 Å². The van der Waals surface area contributed by atoms with E-state index in [1.54, 1.807) is 27.7 Å². The molecule has 0 fully saturated rings. The summed E-state index contributed by atoms with van der Waals surface area (Å²) in [4.78, 5) is 31.8. The highest BCUT2D eigenvalue weighted by Crippen LogP contribution is 2.17. The number of hydrogen-bond acceptors (Lipinski definition) is 6. The lowest BCUT2D eigenvalue weighted by molar-refractivity contribution is -0.328. The minimum Gasteiger partial charge on any atom is -0.466 e. The summed E-state index contributed by atoms with van der Waals surface area (Å²) in [5.74, 6) is -1.08. The monoisotopic (exact) mass is 262 g/mol. The van der Waals surface area contributed by atoms with E-state index in [0.29, 0.717) is 6.42 Å². The highest BCUT2D eigenvalue weighted by atomic mass is 17.2. The zero-order valence-electron chi connectivity index (χ0n) is 11.4. The summed E-state index contributed by atoms with van der Waals surface area (Å²) in [7, 11) is 0. The summed E-state index contributed by atoms with van der Waals surface area (Å²) < 4.78 is 4.67. The molecule has 0 rings (SSSR count). The lowest BCUT2D eigenvalue weighted by Crippen LogP contribution is -2.30. The van der Waals surface area contributed by atoms with E-state index in [-0.39, 0.29) is 19.4 Å². The van der Waals surface area contributed by atoms with Gasteiger partial charge in [0.2, 0.25) is 0 Å². The molecule has 0 aromatic rings. The van der Waals surface area contributed by atoms with E-state index in [0.717, 1.165) is 0 Å². The molecule has 0 saturated heterocycles. The molecular weight excluding hydrogens is 240 g/mol. The Kier molecular flexibility index (Phi) is 7.54. The highest BCUT2D eigenvalue weighted by molar-refractivity contribution is 5.77. The third-order valence-corrected chi connectivity index (χ3v) is 1.99. The first-order valence-electron chi connectivity index (χ1n) is 5.99. The number of aliphatic hydroxyl groups is 1. The number of carbonyl (C=O) groups is 2. The average Bonchev–Trinajstić information content (AvgIpc) is 2.22. The number of aliphatic hydroxyl groups excluding tert-OH is 1. The third kappa shape index (κ3) is 8.95. The Balaban J connectivity index is 3.86. The molecular formula is C12H22O6. The molecule has 106 valence electrons. The number of ether oxygens (including phenoxy) is 1. The molecule has 0 radical (unpaired) electrons. The molecule has 0 heterocycles. The van der Waals surface area contributed by atoms with Crippen LogP contribution in [0.15, 0.2) is 0 Å². The molecule has 0 aromatic heterocycles. The molecule has 6 heteroatoms. The van der Waals surface area contributed by atoms with Gasteiger partial charge >= 0.3 is 11.9 Å². The van der Waals surface area contributed by atoms with Crippen molar-refractivity contribution in [2.24, 2.45) is 0 Å². The maximum absolute atomic E-state index is 11.3. The van der Waals surface area contributed by atoms with Crippen molar-refractivity contribution in [3.8, 4) is 0 Å². The Morgan fingerprint density at radius 1 is 1.22 bits per heavy atom. The van der Waals surface area contributed by atoms with Gasteiger partial charge in [0.15, 0.2) is 0 Å². The quantitative estimate of drug-likeness (QED) is 0.404. The van der Waals surface area contributed by atoms with Gasteiger partial charge in [-0.25, -0.2) is 4.79 Å². The minimum absolute atomic E-state index is 0.0349. The van der Waals surface area contributed by atoms with Crippen LogP contribution in [0.25, 0.3) is 0 Å². The van der Waals surface area contributed by atoms with Crippen molar-refractivity contribution >= 4 is 11.9 Å². The molecule has 1 atom stereocenters. The fourth-order valence-corrected chi connectivity index (χ4v) is 1.38. The topological polar surface area (TPSA) is 82.1 Å². The van der Waals surface area contributed by atoms with Crippen LogP contribution >= 0.6 is 0 Å². The van der Waals surface area contributed by atoms with Gasteiger partial charge in [0.1, 0.15) is 5.60 Å². The van der Waals surface area contributed by atoms with Crippen LogP contribution in [0.4, 0.5) is 0 Å². The van der Waals surface area contributed by atoms with Crippen LogP contribution in [0.2, 0.25) is 0 Å². The van der Waals surface area contributed by atoms with Gasteiger partial charge in [0, 0.05) is 6.42 Å². The molecule has 0 aliphatic rings. The van der Waals surface area contributed by atoms with E-state index in [4.69, 9.17) is 4.89 Å². The van der Waals surface area contributed by atoms with Crippen molar-refractivity contribution in [2.75, 3.05) is 6.61 Å². The van der Waals surface area contributed by atoms with Crippen molar-refractivity contribution in [3.63, 3.8) is 0 Å². The zero-order valence-corrected chi connectivity index (χ0v) is 11.4. The van der Waals surface area contributed by atoms with E-state index < -0.39 is 23.6 Å². The van der Waals surface area contributed by atoms with Crippen molar-refractivity contribution in [3.05, 3.63) is 0 Å². The van der Waals surface area contributed by atoms with Crippen molar-refractivity contribution in [1.82, 2.24) is 0 Å². The second-order valence-electron chi connectivity index (χ2n) is 4.66. The van der Waals surface area contributed by atoms with Gasteiger partial charge in [0.05, 0.1) is 25.6 Å². The maximum Gasteiger partial charge on any atom is 0.342 e. The second-order valence-corrected chi connectivity index (χ2v) is 4.66. The summed E-state index contributed by atoms with van der Waals surface area (Å²) >= 11 is 0. The Morgan fingerprint density at radius 2 is 1.78 bits per heavy atom. The zero-order chi connectivity index (χ0) is 14.2. The second kappa shape index (κ2) is 8.05. The molecule has 0 aliphatic carbocycles.